The van der Waals surface area contributed by atoms with Gasteiger partial charge in [0.2, 0.25) is 0 Å². The standard InChI is InChI=1S/C26H25N7O2/c1-5-35-20-11-9-19(10-12-20)26(34)30-23-13-17(3)31-33(23)25-21-14-29-32(24(21)27-15-28-25)22-8-6-7-16(2)18(22)4/h6-15H,5H2,1-4H3,(H,30,34). The van der Waals surface area contributed by atoms with Crippen molar-refractivity contribution < 1.29 is 9.53 Å². The third-order valence-electron chi connectivity index (χ3n) is 5.85. The van der Waals surface area contributed by atoms with Crippen LogP contribution in [0.3, 0.4) is 0 Å². The molecule has 0 saturated carbocycles. The van der Waals surface area contributed by atoms with Gasteiger partial charge in [-0.05, 0) is 69.2 Å². The Morgan fingerprint density at radius 1 is 1.03 bits per heavy atom. The molecule has 35 heavy (non-hydrogen) atoms. The van der Waals surface area contributed by atoms with Gasteiger partial charge in [-0.1, -0.05) is 12.1 Å². The molecule has 0 aliphatic heterocycles. The van der Waals surface area contributed by atoms with Crippen LogP contribution < -0.4 is 10.1 Å². The number of nitrogens with zero attached hydrogens (tertiary/aromatic N) is 6. The van der Waals surface area contributed by atoms with Gasteiger partial charge in [0, 0.05) is 11.6 Å². The molecule has 0 atom stereocenters. The van der Waals surface area contributed by atoms with Gasteiger partial charge in [-0.3, -0.25) is 4.79 Å². The number of hydrogen-bond acceptors (Lipinski definition) is 6. The van der Waals surface area contributed by atoms with Gasteiger partial charge in [0.1, 0.15) is 17.9 Å². The molecule has 0 aliphatic carbocycles. The molecule has 9 nitrogen and oxygen atoms in total. The summed E-state index contributed by atoms with van der Waals surface area (Å²) in [6.45, 7) is 8.47. The van der Waals surface area contributed by atoms with Crippen LogP contribution in [0.2, 0.25) is 0 Å². The van der Waals surface area contributed by atoms with E-state index >= 15 is 0 Å². The zero-order valence-electron chi connectivity index (χ0n) is 20.0. The first-order valence-electron chi connectivity index (χ1n) is 11.3. The summed E-state index contributed by atoms with van der Waals surface area (Å²) in [6.07, 6.45) is 3.21. The molecule has 3 heterocycles. The summed E-state index contributed by atoms with van der Waals surface area (Å²) in [6, 6.07) is 14.9. The fraction of sp³-hybridized carbons (Fsp3) is 0.192. The van der Waals surface area contributed by atoms with E-state index in [2.05, 4.69) is 45.4 Å². The highest BCUT2D eigenvalue weighted by Gasteiger charge is 2.19. The van der Waals surface area contributed by atoms with E-state index in [1.807, 2.05) is 26.0 Å². The van der Waals surface area contributed by atoms with Crippen molar-refractivity contribution in [2.24, 2.45) is 0 Å². The molecule has 1 N–H and O–H groups in total. The van der Waals surface area contributed by atoms with E-state index in [1.165, 1.54) is 11.9 Å². The molecule has 1 amide bonds. The molecule has 2 aromatic carbocycles. The summed E-state index contributed by atoms with van der Waals surface area (Å²) in [5.74, 6) is 1.49. The number of anilines is 1. The van der Waals surface area contributed by atoms with Gasteiger partial charge in [0.15, 0.2) is 11.5 Å². The molecule has 0 spiro atoms. The zero-order chi connectivity index (χ0) is 24.5. The Kier molecular flexibility index (Phi) is 5.74. The molecule has 5 rings (SSSR count). The van der Waals surface area contributed by atoms with E-state index in [0.717, 1.165) is 16.9 Å². The number of ether oxygens (including phenoxy) is 1. The lowest BCUT2D eigenvalue weighted by Crippen LogP contribution is -2.15. The number of carbonyl (C=O) groups is 1. The normalized spacial score (nSPS) is 11.1. The third kappa shape index (κ3) is 4.12. The van der Waals surface area contributed by atoms with Gasteiger partial charge in [0.25, 0.3) is 5.91 Å². The predicted octanol–water partition coefficient (Wildman–Crippen LogP) is 4.58. The number of nitrogens with one attached hydrogen (secondary N) is 1. The molecule has 0 fully saturated rings. The fourth-order valence-corrected chi connectivity index (χ4v) is 3.95. The fourth-order valence-electron chi connectivity index (χ4n) is 3.95. The lowest BCUT2D eigenvalue weighted by Gasteiger charge is -2.11. The molecule has 0 saturated heterocycles. The number of aromatic nitrogens is 6. The van der Waals surface area contributed by atoms with Crippen molar-refractivity contribution >= 4 is 22.8 Å². The van der Waals surface area contributed by atoms with Crippen LogP contribution in [-0.4, -0.2) is 42.0 Å². The molecular formula is C26H25N7O2. The van der Waals surface area contributed by atoms with Crippen molar-refractivity contribution in [3.63, 3.8) is 0 Å². The maximum atomic E-state index is 13.0. The van der Waals surface area contributed by atoms with Crippen LogP contribution in [0.25, 0.3) is 22.5 Å². The highest BCUT2D eigenvalue weighted by Crippen LogP contribution is 2.26. The van der Waals surface area contributed by atoms with Gasteiger partial charge in [0.05, 0.1) is 29.6 Å². The zero-order valence-corrected chi connectivity index (χ0v) is 20.0. The number of carbonyl (C=O) groups excluding carboxylic acids is 1. The van der Waals surface area contributed by atoms with Crippen molar-refractivity contribution in [1.82, 2.24) is 29.5 Å². The smallest absolute Gasteiger partial charge is 0.256 e. The summed E-state index contributed by atoms with van der Waals surface area (Å²) >= 11 is 0. The molecule has 0 radical (unpaired) electrons. The summed E-state index contributed by atoms with van der Waals surface area (Å²) in [7, 11) is 0. The molecule has 3 aromatic heterocycles. The number of hydrogen-bond donors (Lipinski definition) is 1. The van der Waals surface area contributed by atoms with Gasteiger partial charge in [-0.25, -0.2) is 14.6 Å². The number of benzene rings is 2. The van der Waals surface area contributed by atoms with Gasteiger partial charge in [-0.15, -0.1) is 0 Å². The lowest BCUT2D eigenvalue weighted by atomic mass is 10.1. The van der Waals surface area contributed by atoms with E-state index in [4.69, 9.17) is 4.74 Å². The van der Waals surface area contributed by atoms with Crippen molar-refractivity contribution in [2.75, 3.05) is 11.9 Å². The first-order chi connectivity index (χ1) is 17.0. The molecule has 176 valence electrons. The summed E-state index contributed by atoms with van der Waals surface area (Å²) in [5, 5.41) is 12.8. The topological polar surface area (TPSA) is 99.8 Å². The van der Waals surface area contributed by atoms with Gasteiger partial charge < -0.3 is 10.1 Å². The minimum atomic E-state index is -0.259. The number of fused-ring (bicyclic) bond motifs is 1. The first kappa shape index (κ1) is 22.3. The maximum Gasteiger partial charge on any atom is 0.256 e. The minimum absolute atomic E-state index is 0.259. The van der Waals surface area contributed by atoms with Crippen LogP contribution in [0, 0.1) is 20.8 Å². The Hall–Kier alpha value is -4.53. The molecule has 9 heteroatoms. The van der Waals surface area contributed by atoms with Gasteiger partial charge in [-0.2, -0.15) is 14.9 Å². The Labute approximate surface area is 202 Å². The molecule has 5 aromatic rings. The van der Waals surface area contributed by atoms with Crippen molar-refractivity contribution in [1.29, 1.82) is 0 Å². The van der Waals surface area contributed by atoms with Crippen molar-refractivity contribution in [2.45, 2.75) is 27.7 Å². The highest BCUT2D eigenvalue weighted by atomic mass is 16.5. The van der Waals surface area contributed by atoms with Crippen LogP contribution in [0.1, 0.15) is 34.1 Å². The summed E-state index contributed by atoms with van der Waals surface area (Å²) < 4.78 is 8.87. The monoisotopic (exact) mass is 467 g/mol. The second kappa shape index (κ2) is 9.02. The Morgan fingerprint density at radius 3 is 2.60 bits per heavy atom. The second-order valence-electron chi connectivity index (χ2n) is 8.20. The average Bonchev–Trinajstić information content (AvgIpc) is 3.44. The lowest BCUT2D eigenvalue weighted by molar-refractivity contribution is 0.102. The van der Waals surface area contributed by atoms with E-state index in [0.29, 0.717) is 40.6 Å². The maximum absolute atomic E-state index is 13.0. The number of aryl methyl sites for hydroxylation is 2. The molecular weight excluding hydrogens is 442 g/mol. The molecule has 0 unspecified atom stereocenters. The van der Waals surface area contributed by atoms with Crippen LogP contribution in [0.4, 0.5) is 5.82 Å². The Bertz CT molecular complexity index is 1530. The van der Waals surface area contributed by atoms with Crippen LogP contribution in [-0.2, 0) is 0 Å². The second-order valence-corrected chi connectivity index (χ2v) is 8.20. The van der Waals surface area contributed by atoms with Crippen molar-refractivity contribution in [3.8, 4) is 17.3 Å². The Balaban J connectivity index is 1.52. The SMILES string of the molecule is CCOc1ccc(C(=O)Nc2cc(C)nn2-c2ncnc3c2cnn3-c2cccc(C)c2C)cc1. The largest absolute Gasteiger partial charge is 0.494 e. The van der Waals surface area contributed by atoms with E-state index in [9.17, 15) is 4.79 Å². The minimum Gasteiger partial charge on any atom is -0.494 e. The van der Waals surface area contributed by atoms with E-state index in [-0.39, 0.29) is 5.91 Å². The average molecular weight is 468 g/mol. The van der Waals surface area contributed by atoms with Crippen molar-refractivity contribution in [3.05, 3.63) is 83.4 Å². The number of amides is 1. The first-order valence-corrected chi connectivity index (χ1v) is 11.3. The predicted molar refractivity (Wildman–Crippen MR) is 134 cm³/mol. The Morgan fingerprint density at radius 2 is 1.83 bits per heavy atom. The molecule has 0 bridgehead atoms. The summed E-state index contributed by atoms with van der Waals surface area (Å²) in [5.41, 5.74) is 5.14. The molecule has 0 aliphatic rings. The highest BCUT2D eigenvalue weighted by molar-refractivity contribution is 6.04. The van der Waals surface area contributed by atoms with Gasteiger partial charge >= 0.3 is 0 Å². The van der Waals surface area contributed by atoms with Crippen LogP contribution in [0.5, 0.6) is 5.75 Å². The van der Waals surface area contributed by atoms with E-state index in [1.54, 1.807) is 45.9 Å². The van der Waals surface area contributed by atoms with Crippen LogP contribution in [0.15, 0.2) is 61.1 Å². The quantitative estimate of drug-likeness (QED) is 0.392. The third-order valence-corrected chi connectivity index (χ3v) is 5.85. The summed E-state index contributed by atoms with van der Waals surface area (Å²) in [4.78, 5) is 21.9. The van der Waals surface area contributed by atoms with E-state index < -0.39 is 0 Å². The van der Waals surface area contributed by atoms with Crippen LogP contribution >= 0.6 is 0 Å². The number of rotatable bonds is 6.